The number of aromatic nitrogens is 4. The van der Waals surface area contributed by atoms with E-state index >= 15 is 0 Å². The molecule has 1 atom stereocenters. The molecule has 1 unspecified atom stereocenters. The molecule has 2 heterocycles. The van der Waals surface area contributed by atoms with Crippen molar-refractivity contribution >= 4 is 0 Å². The van der Waals surface area contributed by atoms with E-state index in [4.69, 9.17) is 0 Å². The maximum absolute atomic E-state index is 4.28. The van der Waals surface area contributed by atoms with E-state index in [1.165, 1.54) is 0 Å². The van der Waals surface area contributed by atoms with Gasteiger partial charge in [-0.15, -0.1) is 5.10 Å². The first-order valence-corrected chi connectivity index (χ1v) is 6.79. The van der Waals surface area contributed by atoms with Crippen molar-refractivity contribution in [2.45, 2.75) is 39.8 Å². The summed E-state index contributed by atoms with van der Waals surface area (Å²) in [6, 6.07) is 2.25. The highest BCUT2D eigenvalue weighted by Crippen LogP contribution is 2.21. The van der Waals surface area contributed by atoms with Crippen LogP contribution in [0, 0.1) is 6.92 Å². The van der Waals surface area contributed by atoms with Crippen LogP contribution < -0.4 is 5.32 Å². The number of hydrogen-bond donors (Lipinski definition) is 1. The van der Waals surface area contributed by atoms with E-state index in [-0.39, 0.29) is 6.04 Å². The lowest BCUT2D eigenvalue weighted by Gasteiger charge is -2.19. The molecule has 0 radical (unpaired) electrons. The summed E-state index contributed by atoms with van der Waals surface area (Å²) >= 11 is 0. The highest BCUT2D eigenvalue weighted by atomic mass is 15.4. The molecule has 5 heteroatoms. The second-order valence-corrected chi connectivity index (χ2v) is 4.67. The maximum Gasteiger partial charge on any atom is 0.0802 e. The molecule has 2 aromatic rings. The fourth-order valence-corrected chi connectivity index (χ4v) is 2.21. The van der Waals surface area contributed by atoms with Gasteiger partial charge < -0.3 is 5.32 Å². The molecule has 2 aromatic heterocycles. The van der Waals surface area contributed by atoms with E-state index < -0.39 is 0 Å². The third kappa shape index (κ3) is 3.17. The molecular formula is C14H21N5. The van der Waals surface area contributed by atoms with Gasteiger partial charge in [-0.1, -0.05) is 25.1 Å². The van der Waals surface area contributed by atoms with Crippen LogP contribution in [-0.4, -0.2) is 26.5 Å². The second kappa shape index (κ2) is 6.43. The van der Waals surface area contributed by atoms with Gasteiger partial charge in [-0.2, -0.15) is 0 Å². The number of hydrogen-bond acceptors (Lipinski definition) is 4. The summed E-state index contributed by atoms with van der Waals surface area (Å²) in [6.07, 6.45) is 6.66. The van der Waals surface area contributed by atoms with Gasteiger partial charge in [0.1, 0.15) is 0 Å². The Bertz CT molecular complexity index is 520. The van der Waals surface area contributed by atoms with Crippen LogP contribution >= 0.6 is 0 Å². The van der Waals surface area contributed by atoms with Gasteiger partial charge in [0.2, 0.25) is 0 Å². The average molecular weight is 259 g/mol. The molecule has 0 spiro atoms. The lowest BCUT2D eigenvalue weighted by Crippen LogP contribution is -2.25. The zero-order valence-corrected chi connectivity index (χ0v) is 11.8. The summed E-state index contributed by atoms with van der Waals surface area (Å²) < 4.78 is 1.97. The molecule has 0 aromatic carbocycles. The predicted molar refractivity (Wildman–Crippen MR) is 74.8 cm³/mol. The first kappa shape index (κ1) is 13.7. The van der Waals surface area contributed by atoms with Crippen molar-refractivity contribution in [2.24, 2.45) is 0 Å². The Labute approximate surface area is 114 Å². The fraction of sp³-hybridized carbons (Fsp3) is 0.500. The van der Waals surface area contributed by atoms with E-state index in [0.29, 0.717) is 0 Å². The van der Waals surface area contributed by atoms with Crippen LogP contribution in [-0.2, 0) is 6.54 Å². The van der Waals surface area contributed by atoms with E-state index in [1.807, 2.05) is 23.3 Å². The molecule has 2 rings (SSSR count). The first-order valence-electron chi connectivity index (χ1n) is 6.79. The Balaban J connectivity index is 2.36. The molecule has 0 saturated carbocycles. The minimum absolute atomic E-state index is 0.0962. The van der Waals surface area contributed by atoms with Crippen molar-refractivity contribution in [3.8, 4) is 0 Å². The Morgan fingerprint density at radius 3 is 2.79 bits per heavy atom. The third-order valence-corrected chi connectivity index (χ3v) is 3.02. The molecule has 5 nitrogen and oxygen atoms in total. The molecule has 0 aliphatic heterocycles. The molecule has 1 N–H and O–H groups in total. The van der Waals surface area contributed by atoms with Crippen LogP contribution in [0.4, 0.5) is 0 Å². The Hall–Kier alpha value is -1.75. The molecule has 19 heavy (non-hydrogen) atoms. The van der Waals surface area contributed by atoms with Crippen LogP contribution in [0.5, 0.6) is 0 Å². The lowest BCUT2D eigenvalue weighted by atomic mass is 10.0. The number of nitrogens with zero attached hydrogens (tertiary/aromatic N) is 4. The summed E-state index contributed by atoms with van der Waals surface area (Å²) in [5, 5.41) is 11.7. The first-order chi connectivity index (χ1) is 9.26. The number of aryl methyl sites for hydroxylation is 2. The monoisotopic (exact) mass is 259 g/mol. The van der Waals surface area contributed by atoms with Gasteiger partial charge in [-0.25, -0.2) is 4.68 Å². The number of rotatable bonds is 6. The van der Waals surface area contributed by atoms with Crippen LogP contribution in [0.15, 0.2) is 24.7 Å². The van der Waals surface area contributed by atoms with E-state index in [2.05, 4.69) is 47.5 Å². The van der Waals surface area contributed by atoms with E-state index in [0.717, 1.165) is 36.3 Å². The zero-order valence-electron chi connectivity index (χ0n) is 11.8. The van der Waals surface area contributed by atoms with Crippen molar-refractivity contribution in [1.82, 2.24) is 25.3 Å². The normalized spacial score (nSPS) is 12.6. The van der Waals surface area contributed by atoms with Crippen molar-refractivity contribution in [2.75, 3.05) is 6.54 Å². The smallest absolute Gasteiger partial charge is 0.0802 e. The van der Waals surface area contributed by atoms with Gasteiger partial charge in [-0.3, -0.25) is 4.98 Å². The summed E-state index contributed by atoms with van der Waals surface area (Å²) in [7, 11) is 0. The highest BCUT2D eigenvalue weighted by Gasteiger charge is 2.18. The van der Waals surface area contributed by atoms with Gasteiger partial charge in [-0.05, 0) is 31.0 Å². The Morgan fingerprint density at radius 2 is 2.11 bits per heavy atom. The van der Waals surface area contributed by atoms with Crippen molar-refractivity contribution in [3.63, 3.8) is 0 Å². The molecule has 0 fully saturated rings. The van der Waals surface area contributed by atoms with Crippen LogP contribution in [0.1, 0.15) is 43.1 Å². The molecule has 0 aliphatic rings. The minimum atomic E-state index is 0.0962. The van der Waals surface area contributed by atoms with E-state index in [9.17, 15) is 0 Å². The summed E-state index contributed by atoms with van der Waals surface area (Å²) in [4.78, 5) is 4.28. The topological polar surface area (TPSA) is 55.6 Å². The maximum atomic E-state index is 4.28. The highest BCUT2D eigenvalue weighted by molar-refractivity contribution is 5.27. The second-order valence-electron chi connectivity index (χ2n) is 4.67. The molecule has 0 bridgehead atoms. The number of pyridine rings is 1. The van der Waals surface area contributed by atoms with Crippen LogP contribution in [0.2, 0.25) is 0 Å². The quantitative estimate of drug-likeness (QED) is 0.863. The molecular weight excluding hydrogens is 238 g/mol. The fourth-order valence-electron chi connectivity index (χ4n) is 2.21. The van der Waals surface area contributed by atoms with Crippen LogP contribution in [0.3, 0.4) is 0 Å². The number of nitrogens with one attached hydrogen (secondary N) is 1. The molecule has 102 valence electrons. The third-order valence-electron chi connectivity index (χ3n) is 3.02. The van der Waals surface area contributed by atoms with Crippen molar-refractivity contribution in [3.05, 3.63) is 41.5 Å². The standard InChI is InChI=1S/C14H21N5/c1-4-6-19-13(10-17-18-19)14(16-5-2)12-7-11(3)8-15-9-12/h7-10,14,16H,4-6H2,1-3H3. The van der Waals surface area contributed by atoms with E-state index in [1.54, 1.807) is 0 Å². The zero-order chi connectivity index (χ0) is 13.7. The van der Waals surface area contributed by atoms with Gasteiger partial charge in [0.15, 0.2) is 0 Å². The summed E-state index contributed by atoms with van der Waals surface area (Å²) in [5.41, 5.74) is 3.41. The largest absolute Gasteiger partial charge is 0.305 e. The van der Waals surface area contributed by atoms with Gasteiger partial charge in [0, 0.05) is 18.9 Å². The SMILES string of the molecule is CCCn1nncc1C(NCC)c1cncc(C)c1. The molecule has 0 amide bonds. The van der Waals surface area contributed by atoms with Gasteiger partial charge >= 0.3 is 0 Å². The minimum Gasteiger partial charge on any atom is -0.305 e. The van der Waals surface area contributed by atoms with Gasteiger partial charge in [0.05, 0.1) is 17.9 Å². The average Bonchev–Trinajstić information content (AvgIpc) is 2.84. The Kier molecular flexibility index (Phi) is 4.63. The Morgan fingerprint density at radius 1 is 1.26 bits per heavy atom. The summed E-state index contributed by atoms with van der Waals surface area (Å²) in [6.45, 7) is 8.07. The van der Waals surface area contributed by atoms with Crippen LogP contribution in [0.25, 0.3) is 0 Å². The van der Waals surface area contributed by atoms with Gasteiger partial charge in [0.25, 0.3) is 0 Å². The molecule has 0 aliphatic carbocycles. The molecule has 0 saturated heterocycles. The summed E-state index contributed by atoms with van der Waals surface area (Å²) in [5.74, 6) is 0. The lowest BCUT2D eigenvalue weighted by molar-refractivity contribution is 0.511. The van der Waals surface area contributed by atoms with Crippen molar-refractivity contribution < 1.29 is 0 Å². The predicted octanol–water partition coefficient (Wildman–Crippen LogP) is 2.09. The van der Waals surface area contributed by atoms with Crippen molar-refractivity contribution in [1.29, 1.82) is 0 Å².